The number of benzene rings is 1. The maximum atomic E-state index is 12.4. The first-order valence-corrected chi connectivity index (χ1v) is 8.13. The molecule has 118 valence electrons. The highest BCUT2D eigenvalue weighted by molar-refractivity contribution is 7.89. The molecule has 6 nitrogen and oxygen atoms in total. The quantitative estimate of drug-likeness (QED) is 0.843. The van der Waals surface area contributed by atoms with Crippen molar-refractivity contribution in [1.82, 2.24) is 4.31 Å². The molecule has 7 heteroatoms. The van der Waals surface area contributed by atoms with E-state index in [1.54, 1.807) is 24.3 Å². The summed E-state index contributed by atoms with van der Waals surface area (Å²) in [5, 5.41) is 8.64. The lowest BCUT2D eigenvalue weighted by Gasteiger charge is -2.16. The van der Waals surface area contributed by atoms with Crippen molar-refractivity contribution < 1.29 is 22.7 Å². The number of hydrogen-bond acceptors (Lipinski definition) is 4. The Hall–Kier alpha value is -2.12. The fourth-order valence-electron chi connectivity index (χ4n) is 1.97. The molecule has 1 aromatic heterocycles. The van der Waals surface area contributed by atoms with Crippen molar-refractivity contribution in [2.24, 2.45) is 0 Å². The zero-order valence-corrected chi connectivity index (χ0v) is 12.9. The summed E-state index contributed by atoms with van der Waals surface area (Å²) >= 11 is 0. The normalized spacial score (nSPS) is 11.7. The van der Waals surface area contributed by atoms with Crippen molar-refractivity contribution in [3.8, 4) is 0 Å². The maximum absolute atomic E-state index is 12.4. The van der Waals surface area contributed by atoms with Gasteiger partial charge in [0, 0.05) is 13.5 Å². The van der Waals surface area contributed by atoms with E-state index in [2.05, 4.69) is 0 Å². The molecule has 0 aliphatic rings. The molecule has 2 aromatic rings. The Morgan fingerprint density at radius 3 is 2.45 bits per heavy atom. The number of hydrogen-bond donors (Lipinski definition) is 1. The molecular weight excluding hydrogens is 306 g/mol. The van der Waals surface area contributed by atoms with Gasteiger partial charge in [-0.1, -0.05) is 12.1 Å². The Labute approximate surface area is 129 Å². The average molecular weight is 323 g/mol. The van der Waals surface area contributed by atoms with E-state index >= 15 is 0 Å². The minimum Gasteiger partial charge on any atom is -0.481 e. The van der Waals surface area contributed by atoms with E-state index in [0.717, 1.165) is 5.56 Å². The van der Waals surface area contributed by atoms with Crippen LogP contribution in [0.3, 0.4) is 0 Å². The Bertz CT molecular complexity index is 720. The molecule has 0 aliphatic carbocycles. The third-order valence-corrected chi connectivity index (χ3v) is 5.04. The van der Waals surface area contributed by atoms with E-state index < -0.39 is 16.0 Å². The molecule has 0 spiro atoms. The lowest BCUT2D eigenvalue weighted by molar-refractivity contribution is -0.136. The molecule has 0 unspecified atom stereocenters. The van der Waals surface area contributed by atoms with Gasteiger partial charge in [0.15, 0.2) is 0 Å². The van der Waals surface area contributed by atoms with Crippen LogP contribution in [-0.2, 0) is 27.8 Å². The van der Waals surface area contributed by atoms with Gasteiger partial charge in [-0.15, -0.1) is 0 Å². The first-order chi connectivity index (χ1) is 10.4. The standard InChI is InChI=1S/C15H17NO5S/c1-16(11-13-3-2-10-21-13)22(19,20)14-7-4-12(5-8-14)6-9-15(17)18/h2-5,7-8,10H,6,9,11H2,1H3,(H,17,18). The fraction of sp³-hybridized carbons (Fsp3) is 0.267. The van der Waals surface area contributed by atoms with Gasteiger partial charge in [-0.2, -0.15) is 4.31 Å². The van der Waals surface area contributed by atoms with E-state index in [9.17, 15) is 13.2 Å². The van der Waals surface area contributed by atoms with Crippen LogP contribution >= 0.6 is 0 Å². The predicted molar refractivity (Wildman–Crippen MR) is 79.8 cm³/mol. The van der Waals surface area contributed by atoms with Crippen LogP contribution in [0.1, 0.15) is 17.7 Å². The lowest BCUT2D eigenvalue weighted by atomic mass is 10.1. The van der Waals surface area contributed by atoms with Gasteiger partial charge in [-0.3, -0.25) is 4.79 Å². The number of sulfonamides is 1. The van der Waals surface area contributed by atoms with Gasteiger partial charge < -0.3 is 9.52 Å². The lowest BCUT2D eigenvalue weighted by Crippen LogP contribution is -2.26. The summed E-state index contributed by atoms with van der Waals surface area (Å²) in [6.07, 6.45) is 1.88. The number of carboxylic acid groups (broad SMARTS) is 1. The van der Waals surface area contributed by atoms with E-state index in [4.69, 9.17) is 9.52 Å². The van der Waals surface area contributed by atoms with Crippen LogP contribution in [-0.4, -0.2) is 30.8 Å². The van der Waals surface area contributed by atoms with Crippen LogP contribution in [0.2, 0.25) is 0 Å². The Morgan fingerprint density at radius 2 is 1.91 bits per heavy atom. The smallest absolute Gasteiger partial charge is 0.303 e. The largest absolute Gasteiger partial charge is 0.481 e. The molecule has 0 amide bonds. The van der Waals surface area contributed by atoms with Crippen molar-refractivity contribution in [1.29, 1.82) is 0 Å². The van der Waals surface area contributed by atoms with Crippen LogP contribution in [0.15, 0.2) is 52.0 Å². The van der Waals surface area contributed by atoms with Crippen LogP contribution in [0.4, 0.5) is 0 Å². The molecule has 0 bridgehead atoms. The summed E-state index contributed by atoms with van der Waals surface area (Å²) in [6, 6.07) is 9.66. The van der Waals surface area contributed by atoms with Crippen molar-refractivity contribution in [3.63, 3.8) is 0 Å². The second kappa shape index (κ2) is 6.76. The highest BCUT2D eigenvalue weighted by Gasteiger charge is 2.21. The Morgan fingerprint density at radius 1 is 1.23 bits per heavy atom. The van der Waals surface area contributed by atoms with Gasteiger partial charge in [-0.05, 0) is 36.2 Å². The van der Waals surface area contributed by atoms with E-state index in [1.807, 2.05) is 0 Å². The first-order valence-electron chi connectivity index (χ1n) is 6.69. The number of rotatable bonds is 7. The Kier molecular flexibility index (Phi) is 4.99. The van der Waals surface area contributed by atoms with Gasteiger partial charge in [0.25, 0.3) is 0 Å². The zero-order chi connectivity index (χ0) is 16.2. The SMILES string of the molecule is CN(Cc1ccco1)S(=O)(=O)c1ccc(CCC(=O)O)cc1. The predicted octanol–water partition coefficient (Wildman–Crippen LogP) is 2.12. The number of carbonyl (C=O) groups is 1. The summed E-state index contributed by atoms with van der Waals surface area (Å²) in [7, 11) is -2.12. The molecule has 1 heterocycles. The van der Waals surface area contributed by atoms with Crippen molar-refractivity contribution in [2.45, 2.75) is 24.3 Å². The maximum Gasteiger partial charge on any atom is 0.303 e. The third kappa shape index (κ3) is 3.96. The summed E-state index contributed by atoms with van der Waals surface area (Å²) in [4.78, 5) is 10.7. The molecule has 0 radical (unpaired) electrons. The van der Waals surface area contributed by atoms with Gasteiger partial charge in [0.2, 0.25) is 10.0 Å². The molecule has 0 fully saturated rings. The van der Waals surface area contributed by atoms with Crippen LogP contribution < -0.4 is 0 Å². The molecule has 0 saturated heterocycles. The van der Waals surface area contributed by atoms with Crippen LogP contribution in [0.5, 0.6) is 0 Å². The van der Waals surface area contributed by atoms with E-state index in [0.29, 0.717) is 12.2 Å². The third-order valence-electron chi connectivity index (χ3n) is 3.22. The molecule has 0 aliphatic heterocycles. The second-order valence-electron chi connectivity index (χ2n) is 4.88. The van der Waals surface area contributed by atoms with Gasteiger partial charge in [0.1, 0.15) is 5.76 Å². The molecule has 1 N–H and O–H groups in total. The monoisotopic (exact) mass is 323 g/mol. The Balaban J connectivity index is 2.10. The number of aryl methyl sites for hydroxylation is 1. The minimum atomic E-state index is -3.61. The van der Waals surface area contributed by atoms with E-state index in [-0.39, 0.29) is 17.9 Å². The highest BCUT2D eigenvalue weighted by Crippen LogP contribution is 2.18. The summed E-state index contributed by atoms with van der Waals surface area (Å²) in [5.41, 5.74) is 0.787. The number of nitrogens with zero attached hydrogens (tertiary/aromatic N) is 1. The summed E-state index contributed by atoms with van der Waals surface area (Å²) < 4.78 is 31.2. The molecule has 2 rings (SSSR count). The highest BCUT2D eigenvalue weighted by atomic mass is 32.2. The zero-order valence-electron chi connectivity index (χ0n) is 12.1. The topological polar surface area (TPSA) is 87.8 Å². The molecule has 1 aromatic carbocycles. The number of carboxylic acids is 1. The number of furan rings is 1. The minimum absolute atomic E-state index is 0.0183. The molecule has 22 heavy (non-hydrogen) atoms. The summed E-state index contributed by atoms with van der Waals surface area (Å²) in [6.45, 7) is 0.149. The first kappa shape index (κ1) is 16.3. The van der Waals surface area contributed by atoms with Crippen LogP contribution in [0, 0.1) is 0 Å². The average Bonchev–Trinajstić information content (AvgIpc) is 2.98. The van der Waals surface area contributed by atoms with E-state index in [1.165, 1.54) is 29.7 Å². The summed E-state index contributed by atoms with van der Waals surface area (Å²) in [5.74, 6) is -0.320. The van der Waals surface area contributed by atoms with Gasteiger partial charge in [-0.25, -0.2) is 8.42 Å². The fourth-order valence-corrected chi connectivity index (χ4v) is 3.10. The van der Waals surface area contributed by atoms with Crippen molar-refractivity contribution in [2.75, 3.05) is 7.05 Å². The molecular formula is C15H17NO5S. The second-order valence-corrected chi connectivity index (χ2v) is 6.92. The van der Waals surface area contributed by atoms with Gasteiger partial charge in [0.05, 0.1) is 17.7 Å². The van der Waals surface area contributed by atoms with Gasteiger partial charge >= 0.3 is 5.97 Å². The number of aliphatic carboxylic acids is 1. The molecule has 0 saturated carbocycles. The van der Waals surface area contributed by atoms with Crippen molar-refractivity contribution in [3.05, 3.63) is 54.0 Å². The van der Waals surface area contributed by atoms with Crippen molar-refractivity contribution >= 4 is 16.0 Å². The molecule has 0 atom stereocenters. The van der Waals surface area contributed by atoms with Crippen LogP contribution in [0.25, 0.3) is 0 Å².